The highest BCUT2D eigenvalue weighted by atomic mass is 35.5. The summed E-state index contributed by atoms with van der Waals surface area (Å²) in [6.45, 7) is 0. The van der Waals surface area contributed by atoms with Crippen LogP contribution in [0.5, 0.6) is 0 Å². The summed E-state index contributed by atoms with van der Waals surface area (Å²) in [5.74, 6) is -0.222. The van der Waals surface area contributed by atoms with Crippen molar-refractivity contribution in [2.75, 3.05) is 5.32 Å². The number of rotatable bonds is 5. The van der Waals surface area contributed by atoms with Gasteiger partial charge in [0.2, 0.25) is 0 Å². The van der Waals surface area contributed by atoms with Gasteiger partial charge in [-0.3, -0.25) is 4.79 Å². The lowest BCUT2D eigenvalue weighted by Crippen LogP contribution is -2.48. The molecule has 5 rings (SSSR count). The van der Waals surface area contributed by atoms with Gasteiger partial charge in [0.25, 0.3) is 5.91 Å². The van der Waals surface area contributed by atoms with Gasteiger partial charge < -0.3 is 15.6 Å². The van der Waals surface area contributed by atoms with E-state index < -0.39 is 5.82 Å². The molecule has 0 radical (unpaired) electrons. The number of carbonyl (C=O) groups excluding carboxylic acids is 1. The van der Waals surface area contributed by atoms with Crippen molar-refractivity contribution >= 4 is 34.4 Å². The first-order valence-corrected chi connectivity index (χ1v) is 11.2. The largest absolute Gasteiger partial charge is 0.363 e. The molecular formula is C24H22ClFN6O. The zero-order valence-corrected chi connectivity index (χ0v) is 18.4. The van der Waals surface area contributed by atoms with Crippen LogP contribution >= 0.6 is 11.6 Å². The first-order valence-electron chi connectivity index (χ1n) is 10.9. The predicted octanol–water partition coefficient (Wildman–Crippen LogP) is 4.97. The van der Waals surface area contributed by atoms with Gasteiger partial charge in [-0.05, 0) is 31.0 Å². The summed E-state index contributed by atoms with van der Waals surface area (Å²) in [5, 5.41) is 7.57. The van der Waals surface area contributed by atoms with Crippen LogP contribution < -0.4 is 10.6 Å². The van der Waals surface area contributed by atoms with E-state index in [1.807, 2.05) is 18.2 Å². The Morgan fingerprint density at radius 2 is 1.88 bits per heavy atom. The van der Waals surface area contributed by atoms with Gasteiger partial charge in [0.05, 0.1) is 11.2 Å². The molecule has 0 aliphatic heterocycles. The number of halogens is 2. The number of nitrogens with zero attached hydrogens (tertiary/aromatic N) is 3. The molecule has 2 atom stereocenters. The number of carbonyl (C=O) groups is 1. The standard InChI is InChI=1S/C24H22ClFN6O/c25-15-10-16-17(12-28-21(16)27-11-15)22-29-13-18(26)23(32-22)30-19-8-4-5-9-20(19)31-24(33)14-6-2-1-3-7-14/h1-3,6-7,10-13,19-20H,4-5,8-9H2,(H,27,28)(H,31,33)(H,29,30,32)/t19-,20?/m1/s1. The fraction of sp³-hybridized carbons (Fsp3) is 0.250. The molecule has 3 N–H and O–H groups in total. The molecule has 3 aromatic heterocycles. The highest BCUT2D eigenvalue weighted by Gasteiger charge is 2.28. The molecule has 1 aromatic carbocycles. The Morgan fingerprint density at radius 1 is 1.09 bits per heavy atom. The molecule has 3 heterocycles. The van der Waals surface area contributed by atoms with Crippen LogP contribution in [-0.2, 0) is 0 Å². The van der Waals surface area contributed by atoms with E-state index in [0.717, 1.165) is 37.3 Å². The maximum atomic E-state index is 14.7. The second kappa shape index (κ2) is 9.15. The maximum Gasteiger partial charge on any atom is 0.251 e. The monoisotopic (exact) mass is 464 g/mol. The van der Waals surface area contributed by atoms with Crippen LogP contribution in [0.25, 0.3) is 22.4 Å². The van der Waals surface area contributed by atoms with Crippen LogP contribution in [0.1, 0.15) is 36.0 Å². The predicted molar refractivity (Wildman–Crippen MR) is 126 cm³/mol. The molecule has 7 nitrogen and oxygen atoms in total. The zero-order valence-electron chi connectivity index (χ0n) is 17.7. The first-order chi connectivity index (χ1) is 16.1. The van der Waals surface area contributed by atoms with Gasteiger partial charge in [0.15, 0.2) is 17.5 Å². The lowest BCUT2D eigenvalue weighted by Gasteiger charge is -2.33. The smallest absolute Gasteiger partial charge is 0.251 e. The van der Waals surface area contributed by atoms with Crippen molar-refractivity contribution in [3.63, 3.8) is 0 Å². The Kier molecular flexibility index (Phi) is 5.92. The van der Waals surface area contributed by atoms with Crippen molar-refractivity contribution in [3.8, 4) is 11.4 Å². The Labute approximate surface area is 194 Å². The highest BCUT2D eigenvalue weighted by Crippen LogP contribution is 2.29. The number of hydrogen-bond acceptors (Lipinski definition) is 5. The van der Waals surface area contributed by atoms with Crippen LogP contribution in [0.3, 0.4) is 0 Å². The van der Waals surface area contributed by atoms with Gasteiger partial charge in [-0.15, -0.1) is 0 Å². The van der Waals surface area contributed by atoms with Gasteiger partial charge in [-0.2, -0.15) is 0 Å². The topological polar surface area (TPSA) is 95.6 Å². The van der Waals surface area contributed by atoms with E-state index in [0.29, 0.717) is 27.6 Å². The van der Waals surface area contributed by atoms with E-state index in [-0.39, 0.29) is 23.8 Å². The summed E-state index contributed by atoms with van der Waals surface area (Å²) >= 11 is 6.10. The third-order valence-corrected chi connectivity index (χ3v) is 6.13. The van der Waals surface area contributed by atoms with Crippen molar-refractivity contribution < 1.29 is 9.18 Å². The van der Waals surface area contributed by atoms with Gasteiger partial charge in [-0.25, -0.2) is 19.3 Å². The Balaban J connectivity index is 1.39. The SMILES string of the molecule is O=C(NC1CCCC[C@H]1Nc1nc(-c2c[nH]c3ncc(Cl)cc23)ncc1F)c1ccccc1. The first kappa shape index (κ1) is 21.3. The Hall–Kier alpha value is -3.52. The molecule has 168 valence electrons. The van der Waals surface area contributed by atoms with E-state index in [4.69, 9.17) is 11.6 Å². The third kappa shape index (κ3) is 4.52. The molecule has 9 heteroatoms. The molecule has 33 heavy (non-hydrogen) atoms. The lowest BCUT2D eigenvalue weighted by molar-refractivity contribution is 0.0923. The van der Waals surface area contributed by atoms with E-state index in [1.165, 1.54) is 0 Å². The Morgan fingerprint density at radius 3 is 2.70 bits per heavy atom. The summed E-state index contributed by atoms with van der Waals surface area (Å²) in [4.78, 5) is 28.6. The number of benzene rings is 1. The minimum absolute atomic E-state index is 0.107. The lowest BCUT2D eigenvalue weighted by atomic mass is 9.90. The summed E-state index contributed by atoms with van der Waals surface area (Å²) in [7, 11) is 0. The van der Waals surface area contributed by atoms with Crippen LogP contribution in [-0.4, -0.2) is 37.9 Å². The molecule has 0 saturated heterocycles. The van der Waals surface area contributed by atoms with Crippen molar-refractivity contribution in [3.05, 3.63) is 71.4 Å². The quantitative estimate of drug-likeness (QED) is 0.387. The number of aromatic nitrogens is 4. The Bertz CT molecular complexity index is 1290. The second-order valence-electron chi connectivity index (χ2n) is 8.12. The van der Waals surface area contributed by atoms with Crippen molar-refractivity contribution in [1.29, 1.82) is 0 Å². The molecule has 0 spiro atoms. The normalized spacial score (nSPS) is 18.2. The molecule has 1 amide bonds. The number of amides is 1. The fourth-order valence-electron chi connectivity index (χ4n) is 4.25. The molecule has 1 unspecified atom stereocenters. The van der Waals surface area contributed by atoms with Crippen LogP contribution in [0.4, 0.5) is 10.2 Å². The number of aromatic amines is 1. The fourth-order valence-corrected chi connectivity index (χ4v) is 4.41. The molecule has 0 bridgehead atoms. The maximum absolute atomic E-state index is 14.7. The number of anilines is 1. The van der Waals surface area contributed by atoms with Crippen molar-refractivity contribution in [1.82, 2.24) is 25.3 Å². The number of nitrogens with one attached hydrogen (secondary N) is 3. The van der Waals surface area contributed by atoms with Crippen LogP contribution in [0.2, 0.25) is 5.02 Å². The average Bonchev–Trinajstić information content (AvgIpc) is 3.25. The summed E-state index contributed by atoms with van der Waals surface area (Å²) in [6, 6.07) is 10.6. The van der Waals surface area contributed by atoms with E-state index in [1.54, 1.807) is 30.6 Å². The van der Waals surface area contributed by atoms with Gasteiger partial charge >= 0.3 is 0 Å². The van der Waals surface area contributed by atoms with Gasteiger partial charge in [0.1, 0.15) is 5.65 Å². The number of pyridine rings is 1. The van der Waals surface area contributed by atoms with Crippen LogP contribution in [0, 0.1) is 5.82 Å². The minimum atomic E-state index is -0.548. The van der Waals surface area contributed by atoms with Crippen molar-refractivity contribution in [2.24, 2.45) is 0 Å². The molecule has 1 aliphatic carbocycles. The molecule has 4 aromatic rings. The molecule has 1 aliphatic rings. The number of H-pyrrole nitrogens is 1. The molecule has 1 fully saturated rings. The van der Waals surface area contributed by atoms with Gasteiger partial charge in [-0.1, -0.05) is 42.6 Å². The van der Waals surface area contributed by atoms with Crippen LogP contribution in [0.15, 0.2) is 55.0 Å². The zero-order chi connectivity index (χ0) is 22.8. The summed E-state index contributed by atoms with van der Waals surface area (Å²) in [6.07, 6.45) is 8.03. The van der Waals surface area contributed by atoms with E-state index in [2.05, 4.69) is 30.6 Å². The van der Waals surface area contributed by atoms with E-state index in [9.17, 15) is 9.18 Å². The highest BCUT2D eigenvalue weighted by molar-refractivity contribution is 6.31. The van der Waals surface area contributed by atoms with Crippen molar-refractivity contribution in [2.45, 2.75) is 37.8 Å². The third-order valence-electron chi connectivity index (χ3n) is 5.92. The number of fused-ring (bicyclic) bond motifs is 1. The summed E-state index contributed by atoms with van der Waals surface area (Å²) < 4.78 is 14.7. The van der Waals surface area contributed by atoms with Gasteiger partial charge in [0, 0.05) is 41.0 Å². The average molecular weight is 465 g/mol. The van der Waals surface area contributed by atoms with E-state index >= 15 is 0 Å². The minimum Gasteiger partial charge on any atom is -0.363 e. The number of hydrogen-bond donors (Lipinski definition) is 3. The molecule has 1 saturated carbocycles. The summed E-state index contributed by atoms with van der Waals surface area (Å²) in [5.41, 5.74) is 1.93. The molecular weight excluding hydrogens is 443 g/mol. The second-order valence-corrected chi connectivity index (χ2v) is 8.56.